The Morgan fingerprint density at radius 2 is 1.12 bits per heavy atom. The summed E-state index contributed by atoms with van der Waals surface area (Å²) in [6, 6.07) is -0.611. The maximum Gasteiger partial charge on any atom is 0.220 e. The van der Waals surface area contributed by atoms with Gasteiger partial charge in [0.25, 0.3) is 0 Å². The van der Waals surface area contributed by atoms with Crippen molar-refractivity contribution in [1.82, 2.24) is 5.32 Å². The van der Waals surface area contributed by atoms with Gasteiger partial charge < -0.3 is 15.5 Å². The van der Waals surface area contributed by atoms with Gasteiger partial charge in [-0.3, -0.25) is 4.79 Å². The molecule has 0 saturated heterocycles. The topological polar surface area (TPSA) is 69.6 Å². The Hall–Kier alpha value is -0.870. The molecule has 0 heterocycles. The third-order valence-electron chi connectivity index (χ3n) is 6.52. The molecule has 196 valence electrons. The molecule has 0 aliphatic rings. The molecule has 1 amide bonds. The van der Waals surface area contributed by atoms with Gasteiger partial charge in [0.05, 0.1) is 18.8 Å². The number of unbranched alkanes of at least 4 members (excludes halogenated alkanes) is 18. The maximum atomic E-state index is 12.1. The molecular formula is C29H57NO3. The van der Waals surface area contributed by atoms with Crippen molar-refractivity contribution in [3.63, 3.8) is 0 Å². The van der Waals surface area contributed by atoms with Crippen LogP contribution in [0.3, 0.4) is 0 Å². The fourth-order valence-corrected chi connectivity index (χ4v) is 4.23. The Bertz CT molecular complexity index is 439. The van der Waals surface area contributed by atoms with E-state index in [1.165, 1.54) is 103 Å². The monoisotopic (exact) mass is 467 g/mol. The van der Waals surface area contributed by atoms with Crippen molar-refractivity contribution in [3.05, 3.63) is 12.2 Å². The second kappa shape index (κ2) is 25.7. The van der Waals surface area contributed by atoms with Crippen LogP contribution in [0.5, 0.6) is 0 Å². The molecule has 0 rings (SSSR count). The molecule has 0 spiro atoms. The Balaban J connectivity index is 3.69. The summed E-state index contributed by atoms with van der Waals surface area (Å²) in [4.78, 5) is 12.1. The average molecular weight is 468 g/mol. The highest BCUT2D eigenvalue weighted by atomic mass is 16.3. The van der Waals surface area contributed by atoms with Crippen LogP contribution in [-0.4, -0.2) is 34.9 Å². The third kappa shape index (κ3) is 22.7. The van der Waals surface area contributed by atoms with Crippen LogP contribution in [0.25, 0.3) is 0 Å². The molecule has 0 saturated carbocycles. The van der Waals surface area contributed by atoms with E-state index in [-0.39, 0.29) is 12.5 Å². The van der Waals surface area contributed by atoms with Crippen LogP contribution in [0.4, 0.5) is 0 Å². The Kier molecular flexibility index (Phi) is 25.1. The maximum absolute atomic E-state index is 12.1. The quantitative estimate of drug-likeness (QED) is 0.0955. The zero-order valence-corrected chi connectivity index (χ0v) is 22.2. The first-order valence-electron chi connectivity index (χ1n) is 14.4. The van der Waals surface area contributed by atoms with Crippen molar-refractivity contribution in [2.45, 2.75) is 161 Å². The van der Waals surface area contributed by atoms with E-state index in [0.717, 1.165) is 25.7 Å². The van der Waals surface area contributed by atoms with E-state index in [0.29, 0.717) is 6.42 Å². The summed E-state index contributed by atoms with van der Waals surface area (Å²) >= 11 is 0. The lowest BCUT2D eigenvalue weighted by Gasteiger charge is -2.20. The molecule has 0 radical (unpaired) electrons. The zero-order chi connectivity index (χ0) is 24.4. The molecule has 4 heteroatoms. The lowest BCUT2D eigenvalue weighted by atomic mass is 10.0. The minimum absolute atomic E-state index is 0.0714. The highest BCUT2D eigenvalue weighted by Gasteiger charge is 2.17. The molecule has 0 unspecified atom stereocenters. The summed E-state index contributed by atoms with van der Waals surface area (Å²) in [6.45, 7) is 4.25. The van der Waals surface area contributed by atoms with Crippen molar-refractivity contribution in [1.29, 1.82) is 0 Å². The number of carbonyl (C=O) groups is 1. The van der Waals surface area contributed by atoms with Crippen molar-refractivity contribution >= 4 is 5.91 Å². The van der Waals surface area contributed by atoms with Gasteiger partial charge in [-0.15, -0.1) is 0 Å². The Morgan fingerprint density at radius 1 is 0.697 bits per heavy atom. The summed E-state index contributed by atoms with van der Waals surface area (Å²) in [5, 5.41) is 22.6. The number of amides is 1. The molecule has 0 aliphatic heterocycles. The first-order chi connectivity index (χ1) is 16.2. The van der Waals surface area contributed by atoms with Crippen LogP contribution in [0.2, 0.25) is 0 Å². The molecule has 0 aromatic carbocycles. The van der Waals surface area contributed by atoms with E-state index in [9.17, 15) is 15.0 Å². The van der Waals surface area contributed by atoms with E-state index in [4.69, 9.17) is 0 Å². The molecule has 2 atom stereocenters. The van der Waals surface area contributed by atoms with E-state index in [2.05, 4.69) is 19.2 Å². The number of carbonyl (C=O) groups excluding carboxylic acids is 1. The van der Waals surface area contributed by atoms with E-state index in [1.807, 2.05) is 6.08 Å². The molecule has 0 aliphatic carbocycles. The Labute approximate surface area is 206 Å². The van der Waals surface area contributed by atoms with Crippen molar-refractivity contribution < 1.29 is 15.0 Å². The van der Waals surface area contributed by atoms with Crippen LogP contribution in [-0.2, 0) is 4.79 Å². The fraction of sp³-hybridized carbons (Fsp3) is 0.897. The smallest absolute Gasteiger partial charge is 0.220 e. The zero-order valence-electron chi connectivity index (χ0n) is 22.2. The van der Waals surface area contributed by atoms with Gasteiger partial charge in [-0.2, -0.15) is 0 Å². The van der Waals surface area contributed by atoms with Crippen molar-refractivity contribution in [2.75, 3.05) is 6.61 Å². The molecular weight excluding hydrogens is 410 g/mol. The average Bonchev–Trinajstić information content (AvgIpc) is 2.82. The van der Waals surface area contributed by atoms with Gasteiger partial charge in [-0.05, 0) is 19.3 Å². The summed E-state index contributed by atoms with van der Waals surface area (Å²) in [7, 11) is 0. The van der Waals surface area contributed by atoms with Gasteiger partial charge in [0.2, 0.25) is 5.91 Å². The third-order valence-corrected chi connectivity index (χ3v) is 6.52. The summed E-state index contributed by atoms with van der Waals surface area (Å²) in [5.41, 5.74) is 0. The standard InChI is InChI=1S/C29H57NO3/c1-3-5-7-9-11-13-14-15-16-17-18-20-22-24-28(32)27(26-31)30-29(33)25-23-21-19-12-10-8-6-4-2/h22,24,27-28,31-32H,3-21,23,25-26H2,1-2H3,(H,30,33)/b24-22+/t27-,28+/m0/s1. The SMILES string of the molecule is CCCCCCCCCCCCC/C=C/[C@@H](O)[C@H](CO)NC(=O)CCCCCCCCCC. The highest BCUT2D eigenvalue weighted by molar-refractivity contribution is 5.76. The number of aliphatic hydroxyl groups excluding tert-OH is 2. The van der Waals surface area contributed by atoms with Crippen molar-refractivity contribution in [3.8, 4) is 0 Å². The van der Waals surface area contributed by atoms with Crippen LogP contribution in [0, 0.1) is 0 Å². The van der Waals surface area contributed by atoms with Gasteiger partial charge in [0.15, 0.2) is 0 Å². The lowest BCUT2D eigenvalue weighted by Crippen LogP contribution is -2.45. The number of hydrogen-bond acceptors (Lipinski definition) is 3. The highest BCUT2D eigenvalue weighted by Crippen LogP contribution is 2.12. The van der Waals surface area contributed by atoms with Gasteiger partial charge in [-0.25, -0.2) is 0 Å². The predicted octanol–water partition coefficient (Wildman–Crippen LogP) is 7.61. The minimum Gasteiger partial charge on any atom is -0.394 e. The second-order valence-corrected chi connectivity index (χ2v) is 9.82. The van der Waals surface area contributed by atoms with E-state index >= 15 is 0 Å². The van der Waals surface area contributed by atoms with E-state index < -0.39 is 12.1 Å². The van der Waals surface area contributed by atoms with Gasteiger partial charge in [0.1, 0.15) is 0 Å². The summed E-state index contributed by atoms with van der Waals surface area (Å²) in [5.74, 6) is -0.0714. The fourth-order valence-electron chi connectivity index (χ4n) is 4.23. The summed E-state index contributed by atoms with van der Waals surface area (Å²) in [6.07, 6.45) is 28.5. The Morgan fingerprint density at radius 3 is 1.58 bits per heavy atom. The minimum atomic E-state index is -0.828. The first kappa shape index (κ1) is 32.1. The number of nitrogens with one attached hydrogen (secondary N) is 1. The number of hydrogen-bond donors (Lipinski definition) is 3. The first-order valence-corrected chi connectivity index (χ1v) is 14.4. The summed E-state index contributed by atoms with van der Waals surface area (Å²) < 4.78 is 0. The van der Waals surface area contributed by atoms with Crippen LogP contribution >= 0.6 is 0 Å². The van der Waals surface area contributed by atoms with Crippen LogP contribution < -0.4 is 5.32 Å². The lowest BCUT2D eigenvalue weighted by molar-refractivity contribution is -0.123. The van der Waals surface area contributed by atoms with Crippen molar-refractivity contribution in [2.24, 2.45) is 0 Å². The largest absolute Gasteiger partial charge is 0.394 e. The van der Waals surface area contributed by atoms with Crippen LogP contribution in [0.1, 0.15) is 149 Å². The van der Waals surface area contributed by atoms with E-state index in [1.54, 1.807) is 6.08 Å². The number of allylic oxidation sites excluding steroid dienone is 1. The van der Waals surface area contributed by atoms with Gasteiger partial charge >= 0.3 is 0 Å². The molecule has 0 fully saturated rings. The molecule has 0 bridgehead atoms. The number of rotatable bonds is 25. The van der Waals surface area contributed by atoms with Gasteiger partial charge in [0, 0.05) is 6.42 Å². The van der Waals surface area contributed by atoms with Crippen LogP contribution in [0.15, 0.2) is 12.2 Å². The van der Waals surface area contributed by atoms with Gasteiger partial charge in [-0.1, -0.05) is 135 Å². The molecule has 0 aromatic rings. The molecule has 4 nitrogen and oxygen atoms in total. The number of aliphatic hydroxyl groups is 2. The molecule has 33 heavy (non-hydrogen) atoms. The normalized spacial score (nSPS) is 13.5. The molecule has 3 N–H and O–H groups in total. The second-order valence-electron chi connectivity index (χ2n) is 9.82. The predicted molar refractivity (Wildman–Crippen MR) is 142 cm³/mol. The molecule has 0 aromatic heterocycles.